The van der Waals surface area contributed by atoms with E-state index in [-0.39, 0.29) is 6.10 Å². The SMILES string of the molecule is CC(C)OC(=O)COC(=O)C(O)c1ccc(Br)cc1. The summed E-state index contributed by atoms with van der Waals surface area (Å²) in [5.41, 5.74) is 0.394. The lowest BCUT2D eigenvalue weighted by atomic mass is 10.1. The number of carbonyl (C=O) groups excluding carboxylic acids is 2. The van der Waals surface area contributed by atoms with Crippen LogP contribution in [0.2, 0.25) is 0 Å². The van der Waals surface area contributed by atoms with Crippen LogP contribution in [0.3, 0.4) is 0 Å². The number of benzene rings is 1. The van der Waals surface area contributed by atoms with E-state index in [9.17, 15) is 14.7 Å². The Kier molecular flexibility index (Phi) is 5.98. The summed E-state index contributed by atoms with van der Waals surface area (Å²) in [4.78, 5) is 22.7. The van der Waals surface area contributed by atoms with Crippen molar-refractivity contribution in [2.45, 2.75) is 26.1 Å². The van der Waals surface area contributed by atoms with Crippen molar-refractivity contribution in [2.24, 2.45) is 0 Å². The van der Waals surface area contributed by atoms with E-state index in [1.807, 2.05) is 0 Å². The lowest BCUT2D eigenvalue weighted by Gasteiger charge is -2.12. The lowest BCUT2D eigenvalue weighted by Crippen LogP contribution is -2.22. The Morgan fingerprint density at radius 2 is 1.84 bits per heavy atom. The minimum Gasteiger partial charge on any atom is -0.460 e. The summed E-state index contributed by atoms with van der Waals surface area (Å²) in [7, 11) is 0. The Morgan fingerprint density at radius 3 is 2.37 bits per heavy atom. The zero-order chi connectivity index (χ0) is 14.4. The van der Waals surface area contributed by atoms with Gasteiger partial charge in [-0.1, -0.05) is 28.1 Å². The molecule has 1 aromatic rings. The summed E-state index contributed by atoms with van der Waals surface area (Å²) in [5.74, 6) is -1.53. The van der Waals surface area contributed by atoms with Crippen molar-refractivity contribution in [3.63, 3.8) is 0 Å². The molecule has 1 N–H and O–H groups in total. The summed E-state index contributed by atoms with van der Waals surface area (Å²) < 4.78 is 10.3. The Balaban J connectivity index is 2.49. The van der Waals surface area contributed by atoms with E-state index in [1.54, 1.807) is 38.1 Å². The predicted octanol–water partition coefficient (Wildman–Crippen LogP) is 1.98. The number of aliphatic hydroxyl groups is 1. The Morgan fingerprint density at radius 1 is 1.26 bits per heavy atom. The second-order valence-corrected chi connectivity index (χ2v) is 5.02. The molecule has 0 aliphatic heterocycles. The van der Waals surface area contributed by atoms with Crippen LogP contribution in [0.1, 0.15) is 25.5 Å². The molecular weight excluding hydrogens is 316 g/mol. The molecule has 0 fully saturated rings. The van der Waals surface area contributed by atoms with Crippen molar-refractivity contribution >= 4 is 27.9 Å². The maximum Gasteiger partial charge on any atom is 0.344 e. The molecule has 0 heterocycles. The molecule has 0 spiro atoms. The van der Waals surface area contributed by atoms with Crippen molar-refractivity contribution in [1.82, 2.24) is 0 Å². The number of halogens is 1. The monoisotopic (exact) mass is 330 g/mol. The third-order valence-electron chi connectivity index (χ3n) is 2.11. The van der Waals surface area contributed by atoms with Gasteiger partial charge in [-0.2, -0.15) is 0 Å². The van der Waals surface area contributed by atoms with E-state index in [2.05, 4.69) is 20.7 Å². The molecule has 0 aliphatic carbocycles. The van der Waals surface area contributed by atoms with Gasteiger partial charge in [0, 0.05) is 4.47 Å². The van der Waals surface area contributed by atoms with Gasteiger partial charge in [0.15, 0.2) is 12.7 Å². The average Bonchev–Trinajstić information content (AvgIpc) is 2.35. The molecule has 19 heavy (non-hydrogen) atoms. The van der Waals surface area contributed by atoms with Gasteiger partial charge in [-0.15, -0.1) is 0 Å². The topological polar surface area (TPSA) is 72.8 Å². The molecule has 0 aliphatic rings. The van der Waals surface area contributed by atoms with Crippen LogP contribution in [0.5, 0.6) is 0 Å². The third-order valence-corrected chi connectivity index (χ3v) is 2.64. The quantitative estimate of drug-likeness (QED) is 0.835. The zero-order valence-electron chi connectivity index (χ0n) is 10.6. The number of hydrogen-bond acceptors (Lipinski definition) is 5. The first-order valence-electron chi connectivity index (χ1n) is 5.70. The fourth-order valence-corrected chi connectivity index (χ4v) is 1.55. The smallest absolute Gasteiger partial charge is 0.344 e. The summed E-state index contributed by atoms with van der Waals surface area (Å²) in [6.45, 7) is 2.87. The fraction of sp³-hybridized carbons (Fsp3) is 0.385. The molecule has 6 heteroatoms. The van der Waals surface area contributed by atoms with Crippen molar-refractivity contribution in [2.75, 3.05) is 6.61 Å². The minimum absolute atomic E-state index is 0.275. The first kappa shape index (κ1) is 15.7. The highest BCUT2D eigenvalue weighted by atomic mass is 79.9. The largest absolute Gasteiger partial charge is 0.460 e. The maximum atomic E-state index is 11.5. The van der Waals surface area contributed by atoms with Gasteiger partial charge in [-0.3, -0.25) is 0 Å². The first-order valence-corrected chi connectivity index (χ1v) is 6.49. The highest BCUT2D eigenvalue weighted by Gasteiger charge is 2.20. The van der Waals surface area contributed by atoms with Crippen LogP contribution in [0.25, 0.3) is 0 Å². The van der Waals surface area contributed by atoms with Crippen LogP contribution in [0.15, 0.2) is 28.7 Å². The molecule has 1 aromatic carbocycles. The number of rotatable bonds is 5. The van der Waals surface area contributed by atoms with Crippen LogP contribution in [0, 0.1) is 0 Å². The highest BCUT2D eigenvalue weighted by molar-refractivity contribution is 9.10. The molecule has 0 saturated carbocycles. The second-order valence-electron chi connectivity index (χ2n) is 4.10. The Hall–Kier alpha value is -1.40. The number of esters is 2. The summed E-state index contributed by atoms with van der Waals surface area (Å²) in [6.07, 6.45) is -1.69. The molecule has 0 radical (unpaired) electrons. The van der Waals surface area contributed by atoms with Crippen LogP contribution in [-0.4, -0.2) is 29.8 Å². The van der Waals surface area contributed by atoms with Gasteiger partial charge in [-0.25, -0.2) is 9.59 Å². The van der Waals surface area contributed by atoms with E-state index in [0.29, 0.717) is 5.56 Å². The summed E-state index contributed by atoms with van der Waals surface area (Å²) in [5, 5.41) is 9.73. The van der Waals surface area contributed by atoms with Gasteiger partial charge >= 0.3 is 11.9 Å². The van der Waals surface area contributed by atoms with Crippen LogP contribution < -0.4 is 0 Å². The molecule has 1 rings (SSSR count). The van der Waals surface area contributed by atoms with Crippen molar-refractivity contribution < 1.29 is 24.2 Å². The van der Waals surface area contributed by atoms with Crippen LogP contribution in [-0.2, 0) is 19.1 Å². The summed E-state index contributed by atoms with van der Waals surface area (Å²) >= 11 is 3.25. The number of ether oxygens (including phenoxy) is 2. The molecule has 0 bridgehead atoms. The Labute approximate surface area is 119 Å². The van der Waals surface area contributed by atoms with E-state index in [1.165, 1.54) is 0 Å². The van der Waals surface area contributed by atoms with Gasteiger partial charge in [0.1, 0.15) is 0 Å². The lowest BCUT2D eigenvalue weighted by molar-refractivity contribution is -0.166. The van der Waals surface area contributed by atoms with E-state index < -0.39 is 24.6 Å². The van der Waals surface area contributed by atoms with E-state index in [0.717, 1.165) is 4.47 Å². The second kappa shape index (κ2) is 7.25. The van der Waals surface area contributed by atoms with E-state index >= 15 is 0 Å². The molecule has 0 aromatic heterocycles. The minimum atomic E-state index is -1.42. The van der Waals surface area contributed by atoms with Crippen molar-refractivity contribution in [1.29, 1.82) is 0 Å². The van der Waals surface area contributed by atoms with Gasteiger partial charge < -0.3 is 14.6 Å². The predicted molar refractivity (Wildman–Crippen MR) is 71.3 cm³/mol. The van der Waals surface area contributed by atoms with Gasteiger partial charge in [0.05, 0.1) is 6.10 Å². The fourth-order valence-electron chi connectivity index (χ4n) is 1.29. The molecule has 1 atom stereocenters. The zero-order valence-corrected chi connectivity index (χ0v) is 12.2. The molecule has 0 saturated heterocycles. The number of hydrogen-bond donors (Lipinski definition) is 1. The Bertz CT molecular complexity index is 441. The standard InChI is InChI=1S/C13H15BrO5/c1-8(2)19-11(15)7-18-13(17)12(16)9-3-5-10(14)6-4-9/h3-6,8,12,16H,7H2,1-2H3. The third kappa shape index (κ3) is 5.40. The van der Waals surface area contributed by atoms with Gasteiger partial charge in [0.25, 0.3) is 0 Å². The molecular formula is C13H15BrO5. The van der Waals surface area contributed by atoms with Crippen molar-refractivity contribution in [3.05, 3.63) is 34.3 Å². The maximum absolute atomic E-state index is 11.5. The van der Waals surface area contributed by atoms with Crippen LogP contribution in [0.4, 0.5) is 0 Å². The summed E-state index contributed by atoms with van der Waals surface area (Å²) in [6, 6.07) is 6.56. The molecule has 104 valence electrons. The molecule has 5 nitrogen and oxygen atoms in total. The molecule has 0 amide bonds. The normalized spacial score (nSPS) is 12.1. The van der Waals surface area contributed by atoms with Crippen LogP contribution >= 0.6 is 15.9 Å². The number of aliphatic hydroxyl groups excluding tert-OH is 1. The average molecular weight is 331 g/mol. The number of carbonyl (C=O) groups is 2. The first-order chi connectivity index (χ1) is 8.90. The van der Waals surface area contributed by atoms with Gasteiger partial charge in [-0.05, 0) is 31.5 Å². The van der Waals surface area contributed by atoms with Crippen molar-refractivity contribution in [3.8, 4) is 0 Å². The highest BCUT2D eigenvalue weighted by Crippen LogP contribution is 2.17. The molecule has 1 unspecified atom stereocenters. The van der Waals surface area contributed by atoms with E-state index in [4.69, 9.17) is 4.74 Å². The van der Waals surface area contributed by atoms with Gasteiger partial charge in [0.2, 0.25) is 0 Å².